The van der Waals surface area contributed by atoms with Gasteiger partial charge in [-0.2, -0.15) is 0 Å². The van der Waals surface area contributed by atoms with E-state index in [0.717, 1.165) is 44.1 Å². The van der Waals surface area contributed by atoms with E-state index in [9.17, 15) is 14.9 Å². The molecule has 0 unspecified atom stereocenters. The lowest BCUT2D eigenvalue weighted by Gasteiger charge is -2.29. The molecular weight excluding hydrogens is 280 g/mol. The second-order valence-corrected chi connectivity index (χ2v) is 5.64. The van der Waals surface area contributed by atoms with Crippen molar-refractivity contribution in [3.05, 3.63) is 27.1 Å². The molecule has 1 saturated heterocycles. The molecule has 110 valence electrons. The number of piperazine rings is 1. The van der Waals surface area contributed by atoms with Gasteiger partial charge < -0.3 is 10.2 Å². The SMILES string of the molecule is CN(CCN1CCNCC1)C(=O)c1csc([N+](=O)[O-])c1. The van der Waals surface area contributed by atoms with Crippen molar-refractivity contribution >= 4 is 22.2 Å². The molecule has 0 bridgehead atoms. The van der Waals surface area contributed by atoms with E-state index in [0.29, 0.717) is 12.1 Å². The van der Waals surface area contributed by atoms with Crippen LogP contribution in [0.15, 0.2) is 11.4 Å². The zero-order valence-electron chi connectivity index (χ0n) is 11.4. The van der Waals surface area contributed by atoms with E-state index >= 15 is 0 Å². The van der Waals surface area contributed by atoms with E-state index in [1.54, 1.807) is 17.3 Å². The number of nitro groups is 1. The molecule has 2 heterocycles. The molecule has 1 fully saturated rings. The molecule has 7 nitrogen and oxygen atoms in total. The Kier molecular flexibility index (Phi) is 5.05. The Morgan fingerprint density at radius 3 is 2.85 bits per heavy atom. The predicted molar refractivity (Wildman–Crippen MR) is 77.2 cm³/mol. The lowest BCUT2D eigenvalue weighted by atomic mass is 10.3. The molecule has 0 atom stereocenters. The van der Waals surface area contributed by atoms with Gasteiger partial charge in [0.1, 0.15) is 0 Å². The van der Waals surface area contributed by atoms with Crippen LogP contribution in [0.2, 0.25) is 0 Å². The number of rotatable bonds is 5. The van der Waals surface area contributed by atoms with Crippen LogP contribution < -0.4 is 5.32 Å². The number of amides is 1. The van der Waals surface area contributed by atoms with Gasteiger partial charge in [-0.3, -0.25) is 19.8 Å². The Hall–Kier alpha value is -1.51. The summed E-state index contributed by atoms with van der Waals surface area (Å²) in [6.45, 7) is 5.40. The second kappa shape index (κ2) is 6.78. The fourth-order valence-corrected chi connectivity index (χ4v) is 2.78. The highest BCUT2D eigenvalue weighted by atomic mass is 32.1. The highest BCUT2D eigenvalue weighted by molar-refractivity contribution is 7.13. The topological polar surface area (TPSA) is 78.7 Å². The molecule has 0 radical (unpaired) electrons. The van der Waals surface area contributed by atoms with Gasteiger partial charge in [-0.05, 0) is 0 Å². The Morgan fingerprint density at radius 1 is 1.55 bits per heavy atom. The number of hydrogen-bond acceptors (Lipinski definition) is 6. The summed E-state index contributed by atoms with van der Waals surface area (Å²) >= 11 is 0.984. The van der Waals surface area contributed by atoms with Crippen LogP contribution in [0.4, 0.5) is 5.00 Å². The zero-order chi connectivity index (χ0) is 14.5. The molecule has 2 rings (SSSR count). The smallest absolute Gasteiger partial charge is 0.324 e. The fraction of sp³-hybridized carbons (Fsp3) is 0.583. The number of hydrogen-bond donors (Lipinski definition) is 1. The standard InChI is InChI=1S/C12H18N4O3S/c1-14(6-7-15-4-2-13-3-5-15)12(17)10-8-11(16(18)19)20-9-10/h8-9,13H,2-7H2,1H3. The monoisotopic (exact) mass is 298 g/mol. The van der Waals surface area contributed by atoms with Crippen LogP contribution in [0.1, 0.15) is 10.4 Å². The van der Waals surface area contributed by atoms with Crippen LogP contribution in [-0.4, -0.2) is 66.9 Å². The van der Waals surface area contributed by atoms with E-state index in [4.69, 9.17) is 0 Å². The third kappa shape index (κ3) is 3.75. The predicted octanol–water partition coefficient (Wildman–Crippen LogP) is 0.633. The summed E-state index contributed by atoms with van der Waals surface area (Å²) in [4.78, 5) is 26.2. The van der Waals surface area contributed by atoms with Crippen LogP contribution in [0.3, 0.4) is 0 Å². The van der Waals surface area contributed by atoms with Gasteiger partial charge in [-0.15, -0.1) is 0 Å². The normalized spacial score (nSPS) is 16.1. The molecule has 0 aromatic carbocycles. The minimum atomic E-state index is -0.470. The average molecular weight is 298 g/mol. The summed E-state index contributed by atoms with van der Waals surface area (Å²) in [5, 5.41) is 15.4. The molecular formula is C12H18N4O3S. The summed E-state index contributed by atoms with van der Waals surface area (Å²) in [7, 11) is 1.73. The number of carbonyl (C=O) groups excluding carboxylic acids is 1. The molecule has 0 aliphatic carbocycles. The summed E-state index contributed by atoms with van der Waals surface area (Å²) in [5.74, 6) is -0.163. The molecule has 1 amide bonds. The molecule has 1 aliphatic rings. The van der Waals surface area contributed by atoms with Crippen molar-refractivity contribution in [3.63, 3.8) is 0 Å². The molecule has 1 aromatic heterocycles. The maximum absolute atomic E-state index is 12.1. The maximum atomic E-state index is 12.1. The minimum absolute atomic E-state index is 0.00357. The third-order valence-corrected chi connectivity index (χ3v) is 4.20. The van der Waals surface area contributed by atoms with Crippen molar-refractivity contribution < 1.29 is 9.72 Å². The number of carbonyl (C=O) groups is 1. The number of nitrogens with zero attached hydrogens (tertiary/aromatic N) is 3. The first-order valence-electron chi connectivity index (χ1n) is 6.49. The highest BCUT2D eigenvalue weighted by Gasteiger charge is 2.19. The lowest BCUT2D eigenvalue weighted by Crippen LogP contribution is -2.46. The van der Waals surface area contributed by atoms with Crippen LogP contribution in [-0.2, 0) is 0 Å². The van der Waals surface area contributed by atoms with Crippen LogP contribution in [0, 0.1) is 10.1 Å². The third-order valence-electron chi connectivity index (χ3n) is 3.32. The number of likely N-dealkylation sites (N-methyl/N-ethyl adjacent to an activating group) is 1. The molecule has 8 heteroatoms. The van der Waals surface area contributed by atoms with Gasteiger partial charge in [0.2, 0.25) is 0 Å². The number of nitrogens with one attached hydrogen (secondary N) is 1. The van der Waals surface area contributed by atoms with Gasteiger partial charge in [-0.1, -0.05) is 11.3 Å². The van der Waals surface area contributed by atoms with Gasteiger partial charge in [-0.25, -0.2) is 0 Å². The van der Waals surface area contributed by atoms with E-state index in [-0.39, 0.29) is 10.9 Å². The van der Waals surface area contributed by atoms with Crippen LogP contribution >= 0.6 is 11.3 Å². The summed E-state index contributed by atoms with van der Waals surface area (Å²) in [5.41, 5.74) is 0.393. The summed E-state index contributed by atoms with van der Waals surface area (Å²) in [6.07, 6.45) is 0. The first-order valence-corrected chi connectivity index (χ1v) is 7.37. The molecule has 0 spiro atoms. The van der Waals surface area contributed by atoms with Crippen molar-refractivity contribution in [2.45, 2.75) is 0 Å². The Bertz CT molecular complexity index is 485. The van der Waals surface area contributed by atoms with Gasteiger partial charge in [0.05, 0.1) is 10.5 Å². The first-order chi connectivity index (χ1) is 9.58. The average Bonchev–Trinajstić information content (AvgIpc) is 2.95. The van der Waals surface area contributed by atoms with Gasteiger partial charge in [0, 0.05) is 57.8 Å². The Morgan fingerprint density at radius 2 is 2.25 bits per heavy atom. The zero-order valence-corrected chi connectivity index (χ0v) is 12.2. The van der Waals surface area contributed by atoms with Gasteiger partial charge >= 0.3 is 5.00 Å². The van der Waals surface area contributed by atoms with Gasteiger partial charge in [0.15, 0.2) is 0 Å². The lowest BCUT2D eigenvalue weighted by molar-refractivity contribution is -0.380. The van der Waals surface area contributed by atoms with E-state index in [2.05, 4.69) is 10.2 Å². The van der Waals surface area contributed by atoms with Crippen molar-refractivity contribution in [1.82, 2.24) is 15.1 Å². The first kappa shape index (κ1) is 14.9. The van der Waals surface area contributed by atoms with Crippen molar-refractivity contribution in [2.75, 3.05) is 46.3 Å². The van der Waals surface area contributed by atoms with Gasteiger partial charge in [0.25, 0.3) is 5.91 Å². The van der Waals surface area contributed by atoms with E-state index in [1.165, 1.54) is 6.07 Å². The van der Waals surface area contributed by atoms with Crippen molar-refractivity contribution in [1.29, 1.82) is 0 Å². The quantitative estimate of drug-likeness (QED) is 0.637. The minimum Gasteiger partial charge on any atom is -0.340 e. The second-order valence-electron chi connectivity index (χ2n) is 4.75. The van der Waals surface area contributed by atoms with Crippen LogP contribution in [0.5, 0.6) is 0 Å². The molecule has 0 saturated carbocycles. The fourth-order valence-electron chi connectivity index (χ4n) is 2.08. The largest absolute Gasteiger partial charge is 0.340 e. The summed E-state index contributed by atoms with van der Waals surface area (Å²) < 4.78 is 0. The van der Waals surface area contributed by atoms with Crippen molar-refractivity contribution in [2.24, 2.45) is 0 Å². The van der Waals surface area contributed by atoms with Crippen molar-refractivity contribution in [3.8, 4) is 0 Å². The van der Waals surface area contributed by atoms with E-state index < -0.39 is 4.92 Å². The van der Waals surface area contributed by atoms with Crippen LogP contribution in [0.25, 0.3) is 0 Å². The molecule has 1 aliphatic heterocycles. The molecule has 20 heavy (non-hydrogen) atoms. The molecule has 1 aromatic rings. The maximum Gasteiger partial charge on any atom is 0.324 e. The molecule has 1 N–H and O–H groups in total. The number of thiophene rings is 1. The summed E-state index contributed by atoms with van der Waals surface area (Å²) in [6, 6.07) is 1.34. The highest BCUT2D eigenvalue weighted by Crippen LogP contribution is 2.23. The Labute approximate surface area is 121 Å². The van der Waals surface area contributed by atoms with E-state index in [1.807, 2.05) is 0 Å². The Balaban J connectivity index is 1.85.